The van der Waals surface area contributed by atoms with Gasteiger partial charge in [-0.05, 0) is 26.8 Å². The maximum Gasteiger partial charge on any atom is 0.244 e. The molecule has 0 aromatic carbocycles. The molecule has 7 heteroatoms. The average Bonchev–Trinajstić information content (AvgIpc) is 2.70. The molecule has 0 spiro atoms. The summed E-state index contributed by atoms with van der Waals surface area (Å²) in [6.45, 7) is 8.10. The van der Waals surface area contributed by atoms with Crippen molar-refractivity contribution in [2.24, 2.45) is 5.92 Å². The van der Waals surface area contributed by atoms with Crippen LogP contribution in [0.2, 0.25) is 0 Å². The largest absolute Gasteiger partial charge is 0.314 e. The second-order valence-electron chi connectivity index (χ2n) is 4.95. The van der Waals surface area contributed by atoms with Crippen LogP contribution in [0.1, 0.15) is 38.6 Å². The SMILES string of the molecule is CCC(C)C(C)NS(=O)(=O)c1c(CNC)n[nH]c1C. The van der Waals surface area contributed by atoms with Gasteiger partial charge in [-0.2, -0.15) is 5.10 Å². The van der Waals surface area contributed by atoms with Crippen molar-refractivity contribution in [3.05, 3.63) is 11.4 Å². The topological polar surface area (TPSA) is 86.9 Å². The molecule has 0 saturated heterocycles. The lowest BCUT2D eigenvalue weighted by Gasteiger charge is -2.20. The number of nitrogens with zero attached hydrogens (tertiary/aromatic N) is 1. The quantitative estimate of drug-likeness (QED) is 0.702. The first-order valence-corrected chi connectivity index (χ1v) is 8.02. The Labute approximate surface area is 115 Å². The molecule has 0 aliphatic rings. The molecular weight excluding hydrogens is 264 g/mol. The highest BCUT2D eigenvalue weighted by Crippen LogP contribution is 2.19. The van der Waals surface area contributed by atoms with E-state index in [0.717, 1.165) is 6.42 Å². The molecule has 0 aliphatic carbocycles. The van der Waals surface area contributed by atoms with Gasteiger partial charge in [-0.3, -0.25) is 5.10 Å². The van der Waals surface area contributed by atoms with Crippen LogP contribution < -0.4 is 10.0 Å². The van der Waals surface area contributed by atoms with E-state index in [1.165, 1.54) is 0 Å². The second-order valence-corrected chi connectivity index (χ2v) is 6.60. The molecule has 0 fully saturated rings. The highest BCUT2D eigenvalue weighted by Gasteiger charge is 2.26. The Hall–Kier alpha value is -0.920. The summed E-state index contributed by atoms with van der Waals surface area (Å²) in [5, 5.41) is 9.70. The molecule has 0 aliphatic heterocycles. The van der Waals surface area contributed by atoms with Crippen LogP contribution in [-0.2, 0) is 16.6 Å². The Kier molecular flexibility index (Phi) is 5.51. The molecule has 19 heavy (non-hydrogen) atoms. The van der Waals surface area contributed by atoms with E-state index in [-0.39, 0.29) is 16.9 Å². The van der Waals surface area contributed by atoms with Gasteiger partial charge in [0, 0.05) is 12.6 Å². The Balaban J connectivity index is 3.03. The third-order valence-corrected chi connectivity index (χ3v) is 5.17. The van der Waals surface area contributed by atoms with Gasteiger partial charge in [0.15, 0.2) is 0 Å². The van der Waals surface area contributed by atoms with Crippen LogP contribution in [0.3, 0.4) is 0 Å². The molecule has 0 amide bonds. The number of aromatic nitrogens is 2. The number of aryl methyl sites for hydroxylation is 1. The summed E-state index contributed by atoms with van der Waals surface area (Å²) in [5.74, 6) is 0.287. The number of H-pyrrole nitrogens is 1. The van der Waals surface area contributed by atoms with Crippen molar-refractivity contribution in [1.29, 1.82) is 0 Å². The van der Waals surface area contributed by atoms with E-state index in [0.29, 0.717) is 17.9 Å². The molecule has 0 saturated carbocycles. The second kappa shape index (κ2) is 6.49. The minimum absolute atomic E-state index is 0.105. The zero-order valence-electron chi connectivity index (χ0n) is 12.2. The highest BCUT2D eigenvalue weighted by molar-refractivity contribution is 7.89. The number of rotatable bonds is 7. The van der Waals surface area contributed by atoms with Gasteiger partial charge in [-0.15, -0.1) is 0 Å². The smallest absolute Gasteiger partial charge is 0.244 e. The predicted octanol–water partition coefficient (Wildman–Crippen LogP) is 1.15. The molecule has 3 N–H and O–H groups in total. The maximum absolute atomic E-state index is 12.4. The first-order chi connectivity index (χ1) is 8.83. The molecule has 1 heterocycles. The fraction of sp³-hybridized carbons (Fsp3) is 0.750. The average molecular weight is 288 g/mol. The van der Waals surface area contributed by atoms with Crippen molar-refractivity contribution in [1.82, 2.24) is 20.2 Å². The minimum atomic E-state index is -3.54. The molecule has 2 unspecified atom stereocenters. The molecular formula is C12H24N4O2S. The molecule has 2 atom stereocenters. The van der Waals surface area contributed by atoms with Crippen molar-refractivity contribution in [2.45, 2.75) is 51.6 Å². The molecule has 0 bridgehead atoms. The van der Waals surface area contributed by atoms with E-state index in [9.17, 15) is 8.42 Å². The Morgan fingerprint density at radius 3 is 2.53 bits per heavy atom. The van der Waals surface area contributed by atoms with Crippen LogP contribution in [-0.4, -0.2) is 31.7 Å². The lowest BCUT2D eigenvalue weighted by Crippen LogP contribution is -2.37. The minimum Gasteiger partial charge on any atom is -0.314 e. The summed E-state index contributed by atoms with van der Waals surface area (Å²) in [4.78, 5) is 0.261. The van der Waals surface area contributed by atoms with Crippen LogP contribution >= 0.6 is 0 Å². The van der Waals surface area contributed by atoms with E-state index >= 15 is 0 Å². The van der Waals surface area contributed by atoms with E-state index in [2.05, 4.69) is 20.2 Å². The van der Waals surface area contributed by atoms with E-state index in [1.807, 2.05) is 20.8 Å². The van der Waals surface area contributed by atoms with Crippen LogP contribution in [0, 0.1) is 12.8 Å². The Bertz CT molecular complexity index is 510. The third kappa shape index (κ3) is 3.77. The van der Waals surface area contributed by atoms with Gasteiger partial charge in [0.2, 0.25) is 10.0 Å². The monoisotopic (exact) mass is 288 g/mol. The zero-order valence-corrected chi connectivity index (χ0v) is 13.1. The van der Waals surface area contributed by atoms with Crippen molar-refractivity contribution in [3.8, 4) is 0 Å². The van der Waals surface area contributed by atoms with Gasteiger partial charge < -0.3 is 5.32 Å². The first-order valence-electron chi connectivity index (χ1n) is 6.54. The van der Waals surface area contributed by atoms with Gasteiger partial charge in [-0.1, -0.05) is 20.3 Å². The molecule has 0 radical (unpaired) electrons. The summed E-state index contributed by atoms with van der Waals surface area (Å²) in [5.41, 5.74) is 1.08. The molecule has 1 aromatic rings. The summed E-state index contributed by atoms with van der Waals surface area (Å²) >= 11 is 0. The van der Waals surface area contributed by atoms with Gasteiger partial charge in [0.1, 0.15) is 4.90 Å². The lowest BCUT2D eigenvalue weighted by atomic mass is 10.0. The normalized spacial score (nSPS) is 15.4. The van der Waals surface area contributed by atoms with Gasteiger partial charge in [0.25, 0.3) is 0 Å². The standard InChI is InChI=1S/C12H24N4O2S/c1-6-8(2)9(3)16-19(17,18)12-10(4)14-15-11(12)7-13-5/h8-9,13,16H,6-7H2,1-5H3,(H,14,15). The van der Waals surface area contributed by atoms with Crippen molar-refractivity contribution in [2.75, 3.05) is 7.05 Å². The van der Waals surface area contributed by atoms with Crippen molar-refractivity contribution >= 4 is 10.0 Å². The summed E-state index contributed by atoms with van der Waals surface area (Å²) in [6.07, 6.45) is 0.928. The summed E-state index contributed by atoms with van der Waals surface area (Å²) in [6, 6.07) is -0.105. The van der Waals surface area contributed by atoms with Crippen molar-refractivity contribution in [3.63, 3.8) is 0 Å². The molecule has 1 rings (SSSR count). The fourth-order valence-electron chi connectivity index (χ4n) is 1.89. The Morgan fingerprint density at radius 2 is 2.00 bits per heavy atom. The fourth-order valence-corrected chi connectivity index (χ4v) is 3.60. The van der Waals surface area contributed by atoms with Crippen LogP contribution in [0.4, 0.5) is 0 Å². The molecule has 1 aromatic heterocycles. The summed E-state index contributed by atoms with van der Waals surface area (Å²) < 4.78 is 27.6. The first kappa shape index (κ1) is 16.1. The number of nitrogens with one attached hydrogen (secondary N) is 3. The van der Waals surface area contributed by atoms with Gasteiger partial charge in [0.05, 0.1) is 11.4 Å². The zero-order chi connectivity index (χ0) is 14.6. The van der Waals surface area contributed by atoms with Crippen molar-refractivity contribution < 1.29 is 8.42 Å². The summed E-state index contributed by atoms with van der Waals surface area (Å²) in [7, 11) is -1.78. The highest BCUT2D eigenvalue weighted by atomic mass is 32.2. The number of aromatic amines is 1. The van der Waals surface area contributed by atoms with E-state index < -0.39 is 10.0 Å². The lowest BCUT2D eigenvalue weighted by molar-refractivity contribution is 0.433. The predicted molar refractivity (Wildman–Crippen MR) is 75.3 cm³/mol. The van der Waals surface area contributed by atoms with Crippen LogP contribution in [0.15, 0.2) is 4.90 Å². The van der Waals surface area contributed by atoms with Crippen LogP contribution in [0.25, 0.3) is 0 Å². The van der Waals surface area contributed by atoms with Crippen LogP contribution in [0.5, 0.6) is 0 Å². The number of hydrogen-bond donors (Lipinski definition) is 3. The van der Waals surface area contributed by atoms with E-state index in [4.69, 9.17) is 0 Å². The maximum atomic E-state index is 12.4. The molecule has 110 valence electrons. The third-order valence-electron chi connectivity index (χ3n) is 3.41. The van der Waals surface area contributed by atoms with Gasteiger partial charge >= 0.3 is 0 Å². The Morgan fingerprint density at radius 1 is 1.37 bits per heavy atom. The number of hydrogen-bond acceptors (Lipinski definition) is 4. The van der Waals surface area contributed by atoms with E-state index in [1.54, 1.807) is 14.0 Å². The molecule has 6 nitrogen and oxygen atoms in total. The number of sulfonamides is 1. The van der Waals surface area contributed by atoms with Gasteiger partial charge in [-0.25, -0.2) is 13.1 Å².